The number of halogens is 1. The second kappa shape index (κ2) is 9.21. The molecule has 3 aliphatic rings. The molecule has 8 nitrogen and oxygen atoms in total. The van der Waals surface area contributed by atoms with Gasteiger partial charge < -0.3 is 14.2 Å². The van der Waals surface area contributed by atoms with Crippen molar-refractivity contribution in [1.29, 1.82) is 0 Å². The van der Waals surface area contributed by atoms with Gasteiger partial charge in [-0.15, -0.1) is 0 Å². The topological polar surface area (TPSA) is 94.5 Å². The first-order valence-electron chi connectivity index (χ1n) is 10.7. The molecule has 1 aromatic rings. The predicted octanol–water partition coefficient (Wildman–Crippen LogP) is 3.16. The van der Waals surface area contributed by atoms with Crippen LogP contribution in [-0.4, -0.2) is 48.3 Å². The van der Waals surface area contributed by atoms with Gasteiger partial charge in [0, 0.05) is 0 Å². The first-order valence-corrected chi connectivity index (χ1v) is 11.8. The highest BCUT2D eigenvalue weighted by atomic mass is 127. The lowest BCUT2D eigenvalue weighted by atomic mass is 9.85. The van der Waals surface area contributed by atoms with Crippen molar-refractivity contribution in [2.45, 2.75) is 33.3 Å². The van der Waals surface area contributed by atoms with Gasteiger partial charge in [-0.05, 0) is 79.3 Å². The number of ether oxygens (including phenoxy) is 3. The Balaban J connectivity index is 1.54. The van der Waals surface area contributed by atoms with E-state index in [0.717, 1.165) is 11.4 Å². The minimum atomic E-state index is -0.801. The van der Waals surface area contributed by atoms with Crippen LogP contribution in [-0.2, 0) is 19.1 Å². The second-order valence-corrected chi connectivity index (χ2v) is 9.17. The Hall–Kier alpha value is -2.43. The second-order valence-electron chi connectivity index (χ2n) is 8.01. The van der Waals surface area contributed by atoms with Crippen LogP contribution in [0.4, 0.5) is 0 Å². The van der Waals surface area contributed by atoms with Gasteiger partial charge in [-0.2, -0.15) is 10.1 Å². The van der Waals surface area contributed by atoms with E-state index in [1.54, 1.807) is 26.0 Å². The van der Waals surface area contributed by atoms with Gasteiger partial charge in [0.2, 0.25) is 0 Å². The number of amides is 2. The Bertz CT molecular complexity index is 976. The molecule has 1 heterocycles. The highest BCUT2D eigenvalue weighted by molar-refractivity contribution is 14.1. The third kappa shape index (κ3) is 4.02. The molecule has 0 N–H and O–H groups in total. The molecule has 1 aromatic carbocycles. The molecule has 170 valence electrons. The molecule has 5 atom stereocenters. The summed E-state index contributed by atoms with van der Waals surface area (Å²) < 4.78 is 17.2. The molecule has 1 saturated heterocycles. The molecule has 2 fully saturated rings. The van der Waals surface area contributed by atoms with Crippen LogP contribution in [0.2, 0.25) is 0 Å². The van der Waals surface area contributed by atoms with E-state index in [1.165, 1.54) is 6.21 Å². The molecule has 9 heteroatoms. The molecule has 1 aliphatic heterocycles. The summed E-state index contributed by atoms with van der Waals surface area (Å²) in [6.45, 7) is 5.85. The number of hydrogen-bond donors (Lipinski definition) is 0. The third-order valence-corrected chi connectivity index (χ3v) is 6.82. The van der Waals surface area contributed by atoms with Crippen molar-refractivity contribution < 1.29 is 28.6 Å². The van der Waals surface area contributed by atoms with Crippen molar-refractivity contribution in [2.24, 2.45) is 28.8 Å². The number of hydrogen-bond acceptors (Lipinski definition) is 7. The number of nitrogens with zero attached hydrogens (tertiary/aromatic N) is 2. The van der Waals surface area contributed by atoms with E-state index in [-0.39, 0.29) is 42.1 Å². The molecule has 4 rings (SSSR count). The van der Waals surface area contributed by atoms with Gasteiger partial charge in [-0.3, -0.25) is 9.59 Å². The van der Waals surface area contributed by atoms with Gasteiger partial charge in [-0.25, -0.2) is 4.79 Å². The zero-order chi connectivity index (χ0) is 23.0. The fourth-order valence-electron chi connectivity index (χ4n) is 4.65. The van der Waals surface area contributed by atoms with Gasteiger partial charge in [0.25, 0.3) is 11.8 Å². The van der Waals surface area contributed by atoms with E-state index < -0.39 is 12.1 Å². The first kappa shape index (κ1) is 22.8. The number of fused-ring (bicyclic) bond motifs is 5. The van der Waals surface area contributed by atoms with Crippen molar-refractivity contribution in [3.63, 3.8) is 0 Å². The number of carbonyl (C=O) groups excluding carboxylic acids is 3. The summed E-state index contributed by atoms with van der Waals surface area (Å²) in [4.78, 5) is 37.6. The maximum atomic E-state index is 12.8. The molecular formula is C23H25IN2O6. The molecule has 2 aliphatic carbocycles. The Morgan fingerprint density at radius 3 is 2.44 bits per heavy atom. The van der Waals surface area contributed by atoms with Crippen LogP contribution < -0.4 is 9.47 Å². The average Bonchev–Trinajstić information content (AvgIpc) is 3.43. The summed E-state index contributed by atoms with van der Waals surface area (Å²) >= 11 is 2.09. The average molecular weight is 552 g/mol. The Morgan fingerprint density at radius 1 is 1.19 bits per heavy atom. The van der Waals surface area contributed by atoms with Gasteiger partial charge in [-0.1, -0.05) is 12.2 Å². The SMILES string of the molecule is CCOC(=O)[C@H](C)Oc1c(I)cc(C=NN2C(=O)[C@@H]3[C@H](C2=O)[C@H]2C=C[C@H]3C2)cc1OCC. The Kier molecular flexibility index (Phi) is 6.55. The van der Waals surface area contributed by atoms with Crippen LogP contribution >= 0.6 is 22.6 Å². The van der Waals surface area contributed by atoms with Crippen molar-refractivity contribution in [1.82, 2.24) is 5.01 Å². The lowest BCUT2D eigenvalue weighted by Crippen LogP contribution is -2.28. The lowest BCUT2D eigenvalue weighted by molar-refractivity contribution is -0.150. The number of esters is 1. The van der Waals surface area contributed by atoms with Crippen LogP contribution in [0.5, 0.6) is 11.5 Å². The molecular weight excluding hydrogens is 527 g/mol. The molecule has 2 amide bonds. The molecule has 0 spiro atoms. The quantitative estimate of drug-likeness (QED) is 0.162. The number of imide groups is 1. The number of benzene rings is 1. The van der Waals surface area contributed by atoms with E-state index in [0.29, 0.717) is 27.2 Å². The van der Waals surface area contributed by atoms with E-state index in [1.807, 2.05) is 6.92 Å². The molecule has 1 saturated carbocycles. The highest BCUT2D eigenvalue weighted by Gasteiger charge is 2.59. The van der Waals surface area contributed by atoms with Crippen molar-refractivity contribution in [3.05, 3.63) is 33.4 Å². The number of rotatable bonds is 8. The monoisotopic (exact) mass is 552 g/mol. The van der Waals surface area contributed by atoms with Gasteiger partial charge in [0.05, 0.1) is 34.8 Å². The van der Waals surface area contributed by atoms with Crippen molar-refractivity contribution in [2.75, 3.05) is 13.2 Å². The van der Waals surface area contributed by atoms with Gasteiger partial charge >= 0.3 is 5.97 Å². The highest BCUT2D eigenvalue weighted by Crippen LogP contribution is 2.52. The van der Waals surface area contributed by atoms with E-state index in [4.69, 9.17) is 14.2 Å². The minimum Gasteiger partial charge on any atom is -0.490 e. The summed E-state index contributed by atoms with van der Waals surface area (Å²) in [5.74, 6) is -0.327. The van der Waals surface area contributed by atoms with Crippen molar-refractivity contribution >= 4 is 46.6 Å². The van der Waals surface area contributed by atoms with Crippen LogP contribution in [0.25, 0.3) is 0 Å². The summed E-state index contributed by atoms with van der Waals surface area (Å²) in [7, 11) is 0. The van der Waals surface area contributed by atoms with Gasteiger partial charge in [0.15, 0.2) is 17.6 Å². The fourth-order valence-corrected chi connectivity index (χ4v) is 5.40. The molecule has 0 radical (unpaired) electrons. The molecule has 2 bridgehead atoms. The minimum absolute atomic E-state index is 0.143. The van der Waals surface area contributed by atoms with Crippen molar-refractivity contribution in [3.8, 4) is 11.5 Å². The summed E-state index contributed by atoms with van der Waals surface area (Å²) in [5, 5.41) is 5.24. The van der Waals surface area contributed by atoms with Gasteiger partial charge in [0.1, 0.15) is 0 Å². The standard InChI is InChI=1S/C23H25IN2O6/c1-4-30-17-9-13(8-16(24)20(17)32-12(3)23(29)31-5-2)11-25-26-21(27)18-14-6-7-15(10-14)19(18)22(26)28/h6-9,11-12,14-15,18-19H,4-5,10H2,1-3H3/t12-,14-,15-,18-,19+/m0/s1. The van der Waals surface area contributed by atoms with E-state index in [2.05, 4.69) is 39.8 Å². The third-order valence-electron chi connectivity index (χ3n) is 6.01. The molecule has 0 unspecified atom stereocenters. The zero-order valence-electron chi connectivity index (χ0n) is 18.1. The maximum Gasteiger partial charge on any atom is 0.347 e. The van der Waals surface area contributed by atoms with Crippen LogP contribution in [0.3, 0.4) is 0 Å². The Morgan fingerprint density at radius 2 is 1.84 bits per heavy atom. The lowest BCUT2D eigenvalue weighted by Gasteiger charge is -2.18. The van der Waals surface area contributed by atoms with Crippen LogP contribution in [0, 0.1) is 27.2 Å². The summed E-state index contributed by atoms with van der Waals surface area (Å²) in [6.07, 6.45) is 5.67. The predicted molar refractivity (Wildman–Crippen MR) is 124 cm³/mol. The number of carbonyl (C=O) groups is 3. The first-order chi connectivity index (χ1) is 15.3. The summed E-state index contributed by atoms with van der Waals surface area (Å²) in [6, 6.07) is 3.50. The van der Waals surface area contributed by atoms with Crippen LogP contribution in [0.15, 0.2) is 29.4 Å². The Labute approximate surface area is 200 Å². The fraction of sp³-hybridized carbons (Fsp3) is 0.478. The molecule has 32 heavy (non-hydrogen) atoms. The maximum absolute atomic E-state index is 12.8. The number of allylic oxidation sites excluding steroid dienone is 2. The van der Waals surface area contributed by atoms with Crippen LogP contribution in [0.1, 0.15) is 32.8 Å². The molecule has 0 aromatic heterocycles. The smallest absolute Gasteiger partial charge is 0.347 e. The summed E-state index contributed by atoms with van der Waals surface area (Å²) in [5.41, 5.74) is 0.646. The normalized spacial score (nSPS) is 26.7. The van der Waals surface area contributed by atoms with E-state index >= 15 is 0 Å². The zero-order valence-corrected chi connectivity index (χ0v) is 20.3. The number of hydrazone groups is 1. The largest absolute Gasteiger partial charge is 0.490 e. The van der Waals surface area contributed by atoms with E-state index in [9.17, 15) is 14.4 Å².